The summed E-state index contributed by atoms with van der Waals surface area (Å²) in [7, 11) is -3.74. The summed E-state index contributed by atoms with van der Waals surface area (Å²) in [6.07, 6.45) is 1.34. The molecule has 144 valence electrons. The molecule has 7 nitrogen and oxygen atoms in total. The first-order valence-electron chi connectivity index (χ1n) is 8.01. The smallest absolute Gasteiger partial charge is 0.219 e. The first kappa shape index (κ1) is 19.2. The van der Waals surface area contributed by atoms with E-state index in [9.17, 15) is 21.6 Å². The summed E-state index contributed by atoms with van der Waals surface area (Å²) < 4.78 is 66.2. The molecule has 2 aromatic heterocycles. The number of nitrogens with zero attached hydrogens (tertiary/aromatic N) is 4. The normalized spacial score (nSPS) is 12.6. The Kier molecular flexibility index (Phi) is 5.42. The Morgan fingerprint density at radius 2 is 1.96 bits per heavy atom. The second-order valence-electron chi connectivity index (χ2n) is 5.92. The molecule has 0 atom stereocenters. The highest BCUT2D eigenvalue weighted by Crippen LogP contribution is 2.29. The van der Waals surface area contributed by atoms with E-state index in [0.29, 0.717) is 18.6 Å². The lowest BCUT2D eigenvalue weighted by Crippen LogP contribution is -2.26. The molecule has 0 aliphatic carbocycles. The largest absolute Gasteiger partial charge is 0.416 e. The van der Waals surface area contributed by atoms with Crippen LogP contribution in [0.2, 0.25) is 0 Å². The van der Waals surface area contributed by atoms with Crippen LogP contribution in [0.15, 0.2) is 43.0 Å². The lowest BCUT2D eigenvalue weighted by Gasteiger charge is -2.10. The Hall–Kier alpha value is -2.53. The van der Waals surface area contributed by atoms with Crippen LogP contribution in [0.25, 0.3) is 5.78 Å². The molecular weight excluding hydrogens is 383 g/mol. The van der Waals surface area contributed by atoms with E-state index < -0.39 is 27.5 Å². The zero-order chi connectivity index (χ0) is 19.5. The van der Waals surface area contributed by atoms with Crippen LogP contribution in [0, 0.1) is 0 Å². The molecule has 2 heterocycles. The van der Waals surface area contributed by atoms with Gasteiger partial charge in [-0.05, 0) is 30.0 Å². The zero-order valence-electron chi connectivity index (χ0n) is 14.0. The number of benzene rings is 1. The van der Waals surface area contributed by atoms with E-state index in [1.165, 1.54) is 23.0 Å². The van der Waals surface area contributed by atoms with Gasteiger partial charge in [-0.1, -0.05) is 18.2 Å². The third-order valence-electron chi connectivity index (χ3n) is 3.76. The summed E-state index contributed by atoms with van der Waals surface area (Å²) in [5.74, 6) is -0.0378. The minimum absolute atomic E-state index is 0.0816. The number of alkyl halides is 3. The third kappa shape index (κ3) is 5.23. The highest BCUT2D eigenvalue weighted by atomic mass is 32.2. The van der Waals surface area contributed by atoms with Gasteiger partial charge in [-0.25, -0.2) is 22.6 Å². The second-order valence-corrected chi connectivity index (χ2v) is 7.73. The minimum atomic E-state index is -4.51. The molecule has 3 rings (SSSR count). The molecule has 0 aliphatic rings. The molecule has 11 heteroatoms. The van der Waals surface area contributed by atoms with Crippen LogP contribution in [0.3, 0.4) is 0 Å². The second kappa shape index (κ2) is 7.61. The number of aryl methyl sites for hydroxylation is 1. The summed E-state index contributed by atoms with van der Waals surface area (Å²) in [6.45, 7) is 0.163. The van der Waals surface area contributed by atoms with Crippen molar-refractivity contribution in [3.8, 4) is 0 Å². The lowest BCUT2D eigenvalue weighted by molar-refractivity contribution is -0.137. The molecule has 0 amide bonds. The molecule has 0 spiro atoms. The van der Waals surface area contributed by atoms with E-state index in [1.807, 2.05) is 0 Å². The molecule has 1 N–H and O–H groups in total. The van der Waals surface area contributed by atoms with Gasteiger partial charge in [0.2, 0.25) is 10.0 Å². The van der Waals surface area contributed by atoms with Crippen LogP contribution in [-0.4, -0.2) is 34.5 Å². The Morgan fingerprint density at radius 3 is 2.74 bits per heavy atom. The molecule has 0 saturated heterocycles. The van der Waals surface area contributed by atoms with Gasteiger partial charge in [-0.2, -0.15) is 23.3 Å². The average Bonchev–Trinajstić information content (AvgIpc) is 3.05. The van der Waals surface area contributed by atoms with E-state index in [4.69, 9.17) is 0 Å². The van der Waals surface area contributed by atoms with Crippen LogP contribution >= 0.6 is 0 Å². The highest BCUT2D eigenvalue weighted by molar-refractivity contribution is 7.88. The summed E-state index contributed by atoms with van der Waals surface area (Å²) in [5.41, 5.74) is 0.0782. The summed E-state index contributed by atoms with van der Waals surface area (Å²) in [6, 6.07) is 4.30. The maximum atomic E-state index is 12.7. The van der Waals surface area contributed by atoms with Crippen LogP contribution in [0.1, 0.15) is 23.1 Å². The van der Waals surface area contributed by atoms with Crippen molar-refractivity contribution < 1.29 is 21.6 Å². The van der Waals surface area contributed by atoms with Gasteiger partial charge in [0.05, 0.1) is 11.3 Å². The number of halogens is 3. The van der Waals surface area contributed by atoms with Gasteiger partial charge < -0.3 is 0 Å². The molecule has 0 aliphatic heterocycles. The lowest BCUT2D eigenvalue weighted by atomic mass is 10.1. The van der Waals surface area contributed by atoms with Gasteiger partial charge in [0.15, 0.2) is 0 Å². The Balaban J connectivity index is 1.52. The van der Waals surface area contributed by atoms with E-state index >= 15 is 0 Å². The summed E-state index contributed by atoms with van der Waals surface area (Å²) in [4.78, 5) is 8.04. The fraction of sp³-hybridized carbons (Fsp3) is 0.312. The van der Waals surface area contributed by atoms with Crippen molar-refractivity contribution in [3.63, 3.8) is 0 Å². The fourth-order valence-corrected chi connectivity index (χ4v) is 3.69. The van der Waals surface area contributed by atoms with Crippen molar-refractivity contribution in [2.75, 3.05) is 6.54 Å². The van der Waals surface area contributed by atoms with E-state index in [1.54, 1.807) is 12.4 Å². The van der Waals surface area contributed by atoms with Crippen LogP contribution in [-0.2, 0) is 28.4 Å². The maximum absolute atomic E-state index is 12.7. The van der Waals surface area contributed by atoms with Crippen molar-refractivity contribution in [1.29, 1.82) is 0 Å². The maximum Gasteiger partial charge on any atom is 0.416 e. The van der Waals surface area contributed by atoms with Gasteiger partial charge in [-0.15, -0.1) is 0 Å². The van der Waals surface area contributed by atoms with E-state index in [0.717, 1.165) is 17.7 Å². The van der Waals surface area contributed by atoms with Crippen LogP contribution in [0.5, 0.6) is 0 Å². The first-order chi connectivity index (χ1) is 12.7. The Morgan fingerprint density at radius 1 is 1.15 bits per heavy atom. The first-order valence-corrected chi connectivity index (χ1v) is 9.66. The molecule has 1 aromatic carbocycles. The quantitative estimate of drug-likeness (QED) is 0.616. The van der Waals surface area contributed by atoms with Gasteiger partial charge in [0.25, 0.3) is 5.78 Å². The molecule has 0 saturated carbocycles. The number of rotatable bonds is 7. The van der Waals surface area contributed by atoms with Crippen LogP contribution < -0.4 is 4.72 Å². The van der Waals surface area contributed by atoms with Gasteiger partial charge in [0.1, 0.15) is 6.33 Å². The Labute approximate surface area is 153 Å². The molecule has 0 fully saturated rings. The van der Waals surface area contributed by atoms with Crippen molar-refractivity contribution in [2.45, 2.75) is 24.8 Å². The Bertz CT molecular complexity index is 1030. The zero-order valence-corrected chi connectivity index (χ0v) is 14.8. The summed E-state index contributed by atoms with van der Waals surface area (Å²) >= 11 is 0. The minimum Gasteiger partial charge on any atom is -0.219 e. The van der Waals surface area contributed by atoms with E-state index in [-0.39, 0.29) is 12.1 Å². The third-order valence-corrected chi connectivity index (χ3v) is 5.12. The number of aromatic nitrogens is 4. The molecule has 27 heavy (non-hydrogen) atoms. The van der Waals surface area contributed by atoms with Crippen molar-refractivity contribution >= 4 is 15.8 Å². The van der Waals surface area contributed by atoms with Gasteiger partial charge in [-0.3, -0.25) is 0 Å². The molecule has 0 bridgehead atoms. The number of nitrogens with one attached hydrogen (secondary N) is 1. The number of hydrogen-bond acceptors (Lipinski definition) is 5. The monoisotopic (exact) mass is 399 g/mol. The number of fused-ring (bicyclic) bond motifs is 1. The van der Waals surface area contributed by atoms with Gasteiger partial charge in [0, 0.05) is 18.9 Å². The SMILES string of the molecule is O=S(=O)(Cc1cccc(C(F)(F)F)c1)NCCCc1cnc2ncnn2c1. The molecule has 3 aromatic rings. The van der Waals surface area contributed by atoms with Gasteiger partial charge >= 0.3 is 6.18 Å². The predicted molar refractivity (Wildman–Crippen MR) is 91.2 cm³/mol. The summed E-state index contributed by atoms with van der Waals surface area (Å²) in [5, 5.41) is 3.97. The van der Waals surface area contributed by atoms with E-state index in [2.05, 4.69) is 19.8 Å². The van der Waals surface area contributed by atoms with Crippen molar-refractivity contribution in [1.82, 2.24) is 24.3 Å². The number of sulfonamides is 1. The molecular formula is C16H16F3N5O2S. The highest BCUT2D eigenvalue weighted by Gasteiger charge is 2.30. The van der Waals surface area contributed by atoms with Crippen molar-refractivity contribution in [3.05, 3.63) is 59.7 Å². The number of hydrogen-bond donors (Lipinski definition) is 1. The van der Waals surface area contributed by atoms with Crippen LogP contribution in [0.4, 0.5) is 13.2 Å². The fourth-order valence-electron chi connectivity index (χ4n) is 2.52. The predicted octanol–water partition coefficient (Wildman–Crippen LogP) is 2.20. The standard InChI is InChI=1S/C16H16F3N5O2S/c17-16(18,19)14-5-1-3-12(7-14)10-27(25,26)23-6-2-4-13-8-20-15-21-11-22-24(15)9-13/h1,3,5,7-9,11,23H,2,4,6,10H2. The molecule has 0 unspecified atom stereocenters. The van der Waals surface area contributed by atoms with Crippen molar-refractivity contribution in [2.24, 2.45) is 0 Å². The molecule has 0 radical (unpaired) electrons. The topological polar surface area (TPSA) is 89.2 Å². The average molecular weight is 399 g/mol.